The van der Waals surface area contributed by atoms with Crippen LogP contribution in [0.2, 0.25) is 0 Å². The minimum absolute atomic E-state index is 0.0866. The zero-order valence-corrected chi connectivity index (χ0v) is 14.4. The summed E-state index contributed by atoms with van der Waals surface area (Å²) in [4.78, 5) is 0. The number of ether oxygens (including phenoxy) is 1. The van der Waals surface area contributed by atoms with E-state index in [4.69, 9.17) is 16.3 Å². The number of hydrogen-bond donors (Lipinski definition) is 0. The van der Waals surface area contributed by atoms with Gasteiger partial charge < -0.3 is 4.74 Å². The molecule has 1 fully saturated rings. The van der Waals surface area contributed by atoms with Gasteiger partial charge in [-0.3, -0.25) is 0 Å². The van der Waals surface area contributed by atoms with E-state index in [2.05, 4.69) is 39.5 Å². The highest BCUT2D eigenvalue weighted by Crippen LogP contribution is 2.39. The first-order valence-electron chi connectivity index (χ1n) is 7.17. The molecule has 20 heavy (non-hydrogen) atoms. The monoisotopic (exact) mass is 372 g/mol. The van der Waals surface area contributed by atoms with Gasteiger partial charge >= 0.3 is 0 Å². The molecule has 3 rings (SSSR count). The Balaban J connectivity index is 1.69. The van der Waals surface area contributed by atoms with Gasteiger partial charge in [-0.25, -0.2) is 0 Å². The van der Waals surface area contributed by atoms with Crippen molar-refractivity contribution < 1.29 is 4.74 Å². The second-order valence-corrected chi connectivity index (χ2v) is 7.60. The Morgan fingerprint density at radius 3 is 3.10 bits per heavy atom. The summed E-state index contributed by atoms with van der Waals surface area (Å²) in [7, 11) is 0. The summed E-state index contributed by atoms with van der Waals surface area (Å²) in [6.45, 7) is 0.923. The molecule has 0 aliphatic carbocycles. The first-order valence-corrected chi connectivity index (χ1v) is 9.28. The fourth-order valence-electron chi connectivity index (χ4n) is 2.81. The normalized spacial score (nSPS) is 21.2. The average Bonchev–Trinajstić information content (AvgIpc) is 2.91. The quantitative estimate of drug-likeness (QED) is 0.572. The Kier molecular flexibility index (Phi) is 5.03. The van der Waals surface area contributed by atoms with Crippen molar-refractivity contribution in [3.05, 3.63) is 33.6 Å². The molecule has 0 spiro atoms. The molecule has 2 atom stereocenters. The number of hydrogen-bond acceptors (Lipinski definition) is 2. The van der Waals surface area contributed by atoms with Crippen LogP contribution in [0.25, 0.3) is 10.1 Å². The van der Waals surface area contributed by atoms with Gasteiger partial charge in [-0.05, 0) is 70.4 Å². The Labute approximate surface area is 137 Å². The molecule has 1 nitrogen and oxygen atoms in total. The van der Waals surface area contributed by atoms with Gasteiger partial charge in [0.25, 0.3) is 0 Å². The van der Waals surface area contributed by atoms with Gasteiger partial charge in [0.05, 0.1) is 11.5 Å². The van der Waals surface area contributed by atoms with Crippen LogP contribution < -0.4 is 0 Å². The van der Waals surface area contributed by atoms with E-state index in [9.17, 15) is 0 Å². The van der Waals surface area contributed by atoms with Crippen LogP contribution in [-0.4, -0.2) is 12.7 Å². The lowest BCUT2D eigenvalue weighted by molar-refractivity contribution is 0.0100. The topological polar surface area (TPSA) is 9.23 Å². The minimum atomic E-state index is 0.0866. The maximum absolute atomic E-state index is 6.63. The summed E-state index contributed by atoms with van der Waals surface area (Å²) >= 11 is 12.0. The standard InChI is InChI=1S/C16H18BrClOS/c17-14-6-3-5-12-13(10-20-16(12)14)15(18)8-7-11-4-1-2-9-19-11/h3,5-6,10-11,15H,1-2,4,7-9H2. The van der Waals surface area contributed by atoms with E-state index < -0.39 is 0 Å². The van der Waals surface area contributed by atoms with Crippen molar-refractivity contribution in [3.63, 3.8) is 0 Å². The number of alkyl halides is 1. The van der Waals surface area contributed by atoms with Crippen molar-refractivity contribution in [1.29, 1.82) is 0 Å². The molecule has 0 saturated carbocycles. The molecule has 108 valence electrons. The maximum atomic E-state index is 6.63. The van der Waals surface area contributed by atoms with E-state index in [0.717, 1.165) is 23.9 Å². The molecule has 0 amide bonds. The maximum Gasteiger partial charge on any atom is 0.0600 e. The molecule has 1 aliphatic heterocycles. The van der Waals surface area contributed by atoms with Crippen LogP contribution in [0, 0.1) is 0 Å². The molecule has 1 saturated heterocycles. The summed E-state index contributed by atoms with van der Waals surface area (Å²) in [5.74, 6) is 0. The number of thiophene rings is 1. The fourth-order valence-corrected chi connectivity index (χ4v) is 4.86. The first kappa shape index (κ1) is 14.8. The molecular weight excluding hydrogens is 356 g/mol. The smallest absolute Gasteiger partial charge is 0.0600 e. The molecule has 1 aromatic heterocycles. The van der Waals surface area contributed by atoms with Crippen molar-refractivity contribution in [1.82, 2.24) is 0 Å². The van der Waals surface area contributed by atoms with Gasteiger partial charge in [0.2, 0.25) is 0 Å². The van der Waals surface area contributed by atoms with E-state index in [1.807, 2.05) is 0 Å². The third-order valence-electron chi connectivity index (χ3n) is 3.94. The van der Waals surface area contributed by atoms with E-state index in [1.54, 1.807) is 11.3 Å². The summed E-state index contributed by atoms with van der Waals surface area (Å²) in [5, 5.41) is 3.58. The minimum Gasteiger partial charge on any atom is -0.378 e. The average molecular weight is 374 g/mol. The molecule has 0 N–H and O–H groups in total. The third kappa shape index (κ3) is 3.22. The molecule has 2 heterocycles. The molecule has 0 radical (unpaired) electrons. The Hall–Kier alpha value is -0.0900. The van der Waals surface area contributed by atoms with Crippen molar-refractivity contribution in [2.75, 3.05) is 6.61 Å². The highest BCUT2D eigenvalue weighted by Gasteiger charge is 2.19. The molecule has 0 bridgehead atoms. The predicted octanol–water partition coefficient (Wildman–Crippen LogP) is 6.29. The number of halogens is 2. The zero-order chi connectivity index (χ0) is 13.9. The van der Waals surface area contributed by atoms with Crippen LogP contribution in [-0.2, 0) is 4.74 Å². The molecular formula is C16H18BrClOS. The van der Waals surface area contributed by atoms with Crippen LogP contribution in [0.3, 0.4) is 0 Å². The SMILES string of the molecule is ClC(CCC1CCCCO1)c1csc2c(Br)cccc12. The summed E-state index contributed by atoms with van der Waals surface area (Å²) in [5.41, 5.74) is 1.27. The second-order valence-electron chi connectivity index (χ2n) is 5.34. The van der Waals surface area contributed by atoms with Crippen molar-refractivity contribution in [2.24, 2.45) is 0 Å². The summed E-state index contributed by atoms with van der Waals surface area (Å²) in [6, 6.07) is 6.33. The largest absolute Gasteiger partial charge is 0.378 e. The molecule has 2 aromatic rings. The van der Waals surface area contributed by atoms with E-state index >= 15 is 0 Å². The zero-order valence-electron chi connectivity index (χ0n) is 11.3. The van der Waals surface area contributed by atoms with Gasteiger partial charge in [-0.2, -0.15) is 0 Å². The van der Waals surface area contributed by atoms with Gasteiger partial charge in [-0.15, -0.1) is 22.9 Å². The third-order valence-corrected chi connectivity index (χ3v) is 6.36. The summed E-state index contributed by atoms with van der Waals surface area (Å²) < 4.78 is 8.24. The van der Waals surface area contributed by atoms with Gasteiger partial charge in [0.1, 0.15) is 0 Å². The second kappa shape index (κ2) is 6.78. The van der Waals surface area contributed by atoms with Crippen LogP contribution in [0.4, 0.5) is 0 Å². The van der Waals surface area contributed by atoms with Crippen LogP contribution >= 0.6 is 38.9 Å². The van der Waals surface area contributed by atoms with E-state index in [-0.39, 0.29) is 5.38 Å². The van der Waals surface area contributed by atoms with Gasteiger partial charge in [0.15, 0.2) is 0 Å². The van der Waals surface area contributed by atoms with Crippen molar-refractivity contribution in [2.45, 2.75) is 43.6 Å². The van der Waals surface area contributed by atoms with Crippen LogP contribution in [0.1, 0.15) is 43.0 Å². The lowest BCUT2D eigenvalue weighted by Crippen LogP contribution is -2.19. The van der Waals surface area contributed by atoms with Gasteiger partial charge in [0, 0.05) is 15.8 Å². The number of fused-ring (bicyclic) bond motifs is 1. The van der Waals surface area contributed by atoms with Gasteiger partial charge in [-0.1, -0.05) is 12.1 Å². The molecule has 2 unspecified atom stereocenters. The van der Waals surface area contributed by atoms with E-state index in [1.165, 1.54) is 34.9 Å². The summed E-state index contributed by atoms with van der Waals surface area (Å²) in [6.07, 6.45) is 6.18. The lowest BCUT2D eigenvalue weighted by atomic mass is 10.0. The Morgan fingerprint density at radius 2 is 2.30 bits per heavy atom. The highest BCUT2D eigenvalue weighted by atomic mass is 79.9. The Morgan fingerprint density at radius 1 is 1.40 bits per heavy atom. The molecule has 1 aliphatic rings. The van der Waals surface area contributed by atoms with Crippen molar-refractivity contribution in [3.8, 4) is 0 Å². The molecule has 4 heteroatoms. The number of rotatable bonds is 4. The number of benzene rings is 1. The van der Waals surface area contributed by atoms with Crippen LogP contribution in [0.15, 0.2) is 28.1 Å². The van der Waals surface area contributed by atoms with E-state index in [0.29, 0.717) is 6.10 Å². The first-order chi connectivity index (χ1) is 9.75. The highest BCUT2D eigenvalue weighted by molar-refractivity contribution is 9.10. The van der Waals surface area contributed by atoms with Crippen molar-refractivity contribution >= 4 is 49.0 Å². The molecule has 1 aromatic carbocycles. The predicted molar refractivity (Wildman–Crippen MR) is 90.9 cm³/mol. The fraction of sp³-hybridized carbons (Fsp3) is 0.500. The van der Waals surface area contributed by atoms with Crippen LogP contribution in [0.5, 0.6) is 0 Å². The Bertz CT molecular complexity index is 577. The lowest BCUT2D eigenvalue weighted by Gasteiger charge is -2.23.